The summed E-state index contributed by atoms with van der Waals surface area (Å²) in [5, 5.41) is 0. The topological polar surface area (TPSA) is 83.1 Å². The molecule has 0 fully saturated rings. The Balaban J connectivity index is 3.01. The van der Waals surface area contributed by atoms with E-state index in [1.165, 1.54) is 7.05 Å². The molecule has 2 rings (SSSR count). The number of nitrogens with zero attached hydrogens (tertiary/aromatic N) is 3. The van der Waals surface area contributed by atoms with Gasteiger partial charge < -0.3 is 0 Å². The Kier molecular flexibility index (Phi) is 1.22. The Morgan fingerprint density at radius 3 is 1.69 bits per heavy atom. The second-order valence-corrected chi connectivity index (χ2v) is 2.71. The molecule has 68 valence electrons. The van der Waals surface area contributed by atoms with Crippen molar-refractivity contribution in [2.45, 2.75) is 6.42 Å². The minimum atomic E-state index is -0.777. The van der Waals surface area contributed by atoms with Crippen LogP contribution in [-0.4, -0.2) is 25.7 Å². The zero-order valence-corrected chi connectivity index (χ0v) is 6.68. The van der Waals surface area contributed by atoms with Crippen molar-refractivity contribution in [1.82, 2.24) is 13.9 Å². The zero-order chi connectivity index (χ0) is 9.75. The average Bonchev–Trinajstić information content (AvgIpc) is 2.47. The van der Waals surface area contributed by atoms with E-state index in [1.54, 1.807) is 0 Å². The van der Waals surface area contributed by atoms with E-state index in [-0.39, 0.29) is 0 Å². The molecule has 1 aliphatic rings. The molecule has 7 heteroatoms. The Bertz CT molecular complexity index is 484. The van der Waals surface area contributed by atoms with Gasteiger partial charge in [-0.2, -0.15) is 9.36 Å². The van der Waals surface area contributed by atoms with Crippen molar-refractivity contribution >= 4 is 11.8 Å². The van der Waals surface area contributed by atoms with Crippen molar-refractivity contribution in [2.24, 2.45) is 7.05 Å². The van der Waals surface area contributed by atoms with Gasteiger partial charge in [0.25, 0.3) is 11.8 Å². The van der Waals surface area contributed by atoms with E-state index in [1.807, 2.05) is 0 Å². The number of carbonyl (C=O) groups excluding carboxylic acids is 2. The van der Waals surface area contributed by atoms with Crippen LogP contribution in [0.25, 0.3) is 0 Å². The summed E-state index contributed by atoms with van der Waals surface area (Å²) in [7, 11) is 1.21. The van der Waals surface area contributed by atoms with Gasteiger partial charge in [0.1, 0.15) is 6.42 Å². The first-order valence-corrected chi connectivity index (χ1v) is 3.51. The highest BCUT2D eigenvalue weighted by molar-refractivity contribution is 6.03. The van der Waals surface area contributed by atoms with Crippen LogP contribution in [0.5, 0.6) is 0 Å². The van der Waals surface area contributed by atoms with Gasteiger partial charge in [-0.25, -0.2) is 14.2 Å². The van der Waals surface area contributed by atoms with Crippen LogP contribution in [0, 0.1) is 0 Å². The molecule has 0 aliphatic carbocycles. The van der Waals surface area contributed by atoms with Gasteiger partial charge in [0.05, 0.1) is 0 Å². The molecule has 0 atom stereocenters. The normalized spacial score (nSPS) is 15.2. The van der Waals surface area contributed by atoms with Gasteiger partial charge in [0.2, 0.25) is 0 Å². The second-order valence-electron chi connectivity index (χ2n) is 2.71. The van der Waals surface area contributed by atoms with Crippen molar-refractivity contribution in [3.05, 3.63) is 21.0 Å². The summed E-state index contributed by atoms with van der Waals surface area (Å²) in [5.41, 5.74) is -1.55. The first kappa shape index (κ1) is 7.71. The number of rotatable bonds is 0. The van der Waals surface area contributed by atoms with Gasteiger partial charge >= 0.3 is 11.4 Å². The van der Waals surface area contributed by atoms with E-state index in [0.29, 0.717) is 9.36 Å². The van der Waals surface area contributed by atoms with E-state index in [9.17, 15) is 19.2 Å². The average molecular weight is 183 g/mol. The number of hydrogen-bond donors (Lipinski definition) is 0. The van der Waals surface area contributed by atoms with Crippen LogP contribution in [0.2, 0.25) is 0 Å². The summed E-state index contributed by atoms with van der Waals surface area (Å²) >= 11 is 0. The standard InChI is InChI=1S/C6H5N3O4/c1-7-5(12)8-3(10)2-4(11)9(8)6(7)13/h2H2,1H3. The van der Waals surface area contributed by atoms with E-state index >= 15 is 0 Å². The predicted molar refractivity (Wildman–Crippen MR) is 39.8 cm³/mol. The van der Waals surface area contributed by atoms with Gasteiger partial charge in [0.15, 0.2) is 0 Å². The lowest BCUT2D eigenvalue weighted by molar-refractivity contribution is 0.0879. The Morgan fingerprint density at radius 2 is 1.31 bits per heavy atom. The highest BCUT2D eigenvalue weighted by atomic mass is 16.2. The summed E-state index contributed by atoms with van der Waals surface area (Å²) in [6, 6.07) is 0. The summed E-state index contributed by atoms with van der Waals surface area (Å²) in [5.74, 6) is -1.32. The van der Waals surface area contributed by atoms with Crippen molar-refractivity contribution in [2.75, 3.05) is 0 Å². The number of aromatic nitrogens is 3. The molecule has 1 aromatic heterocycles. The summed E-state index contributed by atoms with van der Waals surface area (Å²) < 4.78 is 1.84. The van der Waals surface area contributed by atoms with E-state index in [0.717, 1.165) is 4.57 Å². The molecule has 1 aliphatic heterocycles. The molecule has 2 heterocycles. The minimum Gasteiger partial charge on any atom is -0.272 e. The number of carbonyl (C=O) groups is 2. The van der Waals surface area contributed by atoms with Crippen LogP contribution in [-0.2, 0) is 7.05 Å². The Labute approximate surface area is 70.8 Å². The van der Waals surface area contributed by atoms with Gasteiger partial charge in [-0.3, -0.25) is 9.59 Å². The summed E-state index contributed by atoms with van der Waals surface area (Å²) in [6.07, 6.45) is -0.411. The van der Waals surface area contributed by atoms with Crippen LogP contribution < -0.4 is 11.4 Å². The first-order valence-electron chi connectivity index (χ1n) is 3.51. The van der Waals surface area contributed by atoms with Gasteiger partial charge in [0, 0.05) is 7.05 Å². The molecule has 0 saturated heterocycles. The van der Waals surface area contributed by atoms with Crippen molar-refractivity contribution in [3.63, 3.8) is 0 Å². The molecular weight excluding hydrogens is 178 g/mol. The molecule has 0 N–H and O–H groups in total. The van der Waals surface area contributed by atoms with Crippen LogP contribution in [0.3, 0.4) is 0 Å². The smallest absolute Gasteiger partial charge is 0.272 e. The third kappa shape index (κ3) is 0.727. The monoisotopic (exact) mass is 183 g/mol. The fourth-order valence-corrected chi connectivity index (χ4v) is 1.25. The maximum atomic E-state index is 11.2. The minimum absolute atomic E-state index is 0.411. The summed E-state index contributed by atoms with van der Waals surface area (Å²) in [6.45, 7) is 0. The van der Waals surface area contributed by atoms with Crippen molar-refractivity contribution < 1.29 is 9.59 Å². The molecule has 1 aromatic rings. The highest BCUT2D eigenvalue weighted by Gasteiger charge is 2.32. The van der Waals surface area contributed by atoms with Crippen LogP contribution in [0.15, 0.2) is 9.59 Å². The second kappa shape index (κ2) is 2.06. The van der Waals surface area contributed by atoms with E-state index < -0.39 is 29.6 Å². The molecule has 0 unspecified atom stereocenters. The molecule has 0 saturated carbocycles. The molecule has 0 radical (unpaired) electrons. The molecule has 0 aromatic carbocycles. The predicted octanol–water partition coefficient (Wildman–Crippen LogP) is -1.97. The van der Waals surface area contributed by atoms with Crippen molar-refractivity contribution in [1.29, 1.82) is 0 Å². The third-order valence-corrected chi connectivity index (χ3v) is 1.91. The molecule has 13 heavy (non-hydrogen) atoms. The summed E-state index contributed by atoms with van der Waals surface area (Å²) in [4.78, 5) is 44.4. The quantitative estimate of drug-likeness (QED) is 0.437. The van der Waals surface area contributed by atoms with Crippen molar-refractivity contribution in [3.8, 4) is 0 Å². The lowest BCUT2D eigenvalue weighted by Crippen LogP contribution is -2.29. The van der Waals surface area contributed by atoms with Crippen LogP contribution in [0.4, 0.5) is 0 Å². The van der Waals surface area contributed by atoms with Crippen LogP contribution >= 0.6 is 0 Å². The molecule has 0 spiro atoms. The molecular formula is C6H5N3O4. The largest absolute Gasteiger partial charge is 0.354 e. The number of fused-ring (bicyclic) bond motifs is 1. The van der Waals surface area contributed by atoms with E-state index in [2.05, 4.69) is 0 Å². The van der Waals surface area contributed by atoms with E-state index in [4.69, 9.17) is 0 Å². The maximum absolute atomic E-state index is 11.2. The first-order chi connectivity index (χ1) is 6.04. The maximum Gasteiger partial charge on any atom is 0.354 e. The SMILES string of the molecule is Cn1c(=O)n2n(c1=O)C(=O)CC2=O. The van der Waals surface area contributed by atoms with Gasteiger partial charge in [-0.15, -0.1) is 0 Å². The number of hydrogen-bond acceptors (Lipinski definition) is 4. The van der Waals surface area contributed by atoms with Crippen LogP contribution in [0.1, 0.15) is 16.0 Å². The zero-order valence-electron chi connectivity index (χ0n) is 6.68. The fraction of sp³-hybridized carbons (Fsp3) is 0.333. The Hall–Kier alpha value is -1.92. The molecule has 0 amide bonds. The molecule has 0 bridgehead atoms. The molecule has 7 nitrogen and oxygen atoms in total. The fourth-order valence-electron chi connectivity index (χ4n) is 1.25. The third-order valence-electron chi connectivity index (χ3n) is 1.91. The highest BCUT2D eigenvalue weighted by Crippen LogP contribution is 1.98. The lowest BCUT2D eigenvalue weighted by atomic mass is 10.4. The Morgan fingerprint density at radius 1 is 0.923 bits per heavy atom. The van der Waals surface area contributed by atoms with Gasteiger partial charge in [-0.1, -0.05) is 0 Å². The lowest BCUT2D eigenvalue weighted by Gasteiger charge is -1.87. The van der Waals surface area contributed by atoms with Gasteiger partial charge in [-0.05, 0) is 0 Å².